The Morgan fingerprint density at radius 2 is 1.69 bits per heavy atom. The fourth-order valence-corrected chi connectivity index (χ4v) is 4.19. The fraction of sp³-hybridized carbons (Fsp3) is 0.286. The molecule has 0 atom stereocenters. The van der Waals surface area contributed by atoms with Crippen LogP contribution in [0.2, 0.25) is 0 Å². The maximum Gasteiger partial charge on any atom is 0.177 e. The number of pyridine rings is 1. The van der Waals surface area contributed by atoms with Crippen molar-refractivity contribution >= 4 is 21.0 Å². The average Bonchev–Trinajstić information content (AvgIpc) is 3.03. The minimum absolute atomic E-state index is 0.127. The van der Waals surface area contributed by atoms with Crippen LogP contribution in [-0.4, -0.2) is 26.8 Å². The summed E-state index contributed by atoms with van der Waals surface area (Å²) in [5.74, 6) is 0.826. The summed E-state index contributed by atoms with van der Waals surface area (Å²) in [6, 6.07) is 11.5. The summed E-state index contributed by atoms with van der Waals surface area (Å²) in [5, 5.41) is 0. The summed E-state index contributed by atoms with van der Waals surface area (Å²) in [7, 11) is -1.58. The zero-order valence-electron chi connectivity index (χ0n) is 14.9. The molecule has 26 heavy (non-hydrogen) atoms. The zero-order valence-corrected chi connectivity index (χ0v) is 15.7. The summed E-state index contributed by atoms with van der Waals surface area (Å²) >= 11 is 0. The summed E-state index contributed by atoms with van der Waals surface area (Å²) in [5.41, 5.74) is 4.29. The van der Waals surface area contributed by atoms with Crippen molar-refractivity contribution in [2.24, 2.45) is 5.41 Å². The number of benzene rings is 1. The molecule has 134 valence electrons. The fourth-order valence-electron chi connectivity index (χ4n) is 3.63. The van der Waals surface area contributed by atoms with E-state index in [4.69, 9.17) is 4.74 Å². The van der Waals surface area contributed by atoms with Gasteiger partial charge in [-0.2, -0.15) is 0 Å². The Balaban J connectivity index is 1.75. The van der Waals surface area contributed by atoms with Gasteiger partial charge in [-0.15, -0.1) is 0 Å². The molecule has 2 aliphatic rings. The molecule has 4 rings (SSSR count). The van der Waals surface area contributed by atoms with Crippen LogP contribution in [0.5, 0.6) is 5.75 Å². The van der Waals surface area contributed by atoms with Crippen LogP contribution in [0.15, 0.2) is 59.6 Å². The Morgan fingerprint density at radius 1 is 1.00 bits per heavy atom. The molecule has 1 aromatic carbocycles. The quantitative estimate of drug-likeness (QED) is 0.815. The third-order valence-electron chi connectivity index (χ3n) is 5.28. The van der Waals surface area contributed by atoms with E-state index in [1.54, 1.807) is 19.2 Å². The van der Waals surface area contributed by atoms with Crippen LogP contribution in [0.25, 0.3) is 11.1 Å². The van der Waals surface area contributed by atoms with Crippen molar-refractivity contribution in [1.82, 2.24) is 4.98 Å². The lowest BCUT2D eigenvalue weighted by atomic mass is 9.70. The van der Waals surface area contributed by atoms with Crippen LogP contribution in [0.4, 0.5) is 0 Å². The van der Waals surface area contributed by atoms with Gasteiger partial charge in [0, 0.05) is 23.4 Å². The second-order valence-electron chi connectivity index (χ2n) is 7.08. The molecule has 0 aliphatic heterocycles. The summed E-state index contributed by atoms with van der Waals surface area (Å²) in [4.78, 5) is 4.69. The molecule has 1 spiro atoms. The predicted molar refractivity (Wildman–Crippen MR) is 103 cm³/mol. The Hall–Kier alpha value is -2.40. The highest BCUT2D eigenvalue weighted by atomic mass is 32.2. The Bertz CT molecular complexity index is 996. The van der Waals surface area contributed by atoms with Crippen molar-refractivity contribution in [1.29, 1.82) is 0 Å². The maximum atomic E-state index is 11.7. The van der Waals surface area contributed by atoms with Crippen LogP contribution in [0, 0.1) is 5.41 Å². The monoisotopic (exact) mass is 367 g/mol. The minimum Gasteiger partial charge on any atom is -0.497 e. The number of nitrogens with zero attached hydrogens (tertiary/aromatic N) is 1. The highest BCUT2D eigenvalue weighted by Gasteiger charge is 2.38. The van der Waals surface area contributed by atoms with Crippen molar-refractivity contribution in [2.45, 2.75) is 24.2 Å². The first-order valence-electron chi connectivity index (χ1n) is 8.67. The van der Waals surface area contributed by atoms with Gasteiger partial charge in [0.1, 0.15) is 5.75 Å². The van der Waals surface area contributed by atoms with Crippen molar-refractivity contribution in [3.8, 4) is 5.75 Å². The molecule has 0 saturated heterocycles. The summed E-state index contributed by atoms with van der Waals surface area (Å²) in [6.45, 7) is 0. The van der Waals surface area contributed by atoms with Gasteiger partial charge in [-0.1, -0.05) is 30.7 Å². The number of ether oxygens (including phenoxy) is 1. The molecular weight excluding hydrogens is 346 g/mol. The normalized spacial score (nSPS) is 18.2. The van der Waals surface area contributed by atoms with Crippen molar-refractivity contribution in [3.63, 3.8) is 0 Å². The van der Waals surface area contributed by atoms with Gasteiger partial charge < -0.3 is 4.74 Å². The van der Waals surface area contributed by atoms with Gasteiger partial charge in [0.25, 0.3) is 0 Å². The van der Waals surface area contributed by atoms with Crippen LogP contribution in [-0.2, 0) is 9.84 Å². The molecule has 5 heteroatoms. The first-order valence-corrected chi connectivity index (χ1v) is 10.6. The number of sulfone groups is 1. The number of rotatable bonds is 4. The number of methoxy groups -OCH3 is 1. The number of hydrogen-bond donors (Lipinski definition) is 0. The van der Waals surface area contributed by atoms with E-state index < -0.39 is 9.84 Å². The summed E-state index contributed by atoms with van der Waals surface area (Å²) in [6.07, 6.45) is 10.8. The van der Waals surface area contributed by atoms with Crippen LogP contribution < -0.4 is 4.74 Å². The third kappa shape index (κ3) is 2.97. The molecule has 2 aliphatic carbocycles. The van der Waals surface area contributed by atoms with Gasteiger partial charge >= 0.3 is 0 Å². The van der Waals surface area contributed by atoms with Crippen LogP contribution >= 0.6 is 0 Å². The largest absolute Gasteiger partial charge is 0.497 e. The van der Waals surface area contributed by atoms with Gasteiger partial charge in [0.05, 0.1) is 17.7 Å². The van der Waals surface area contributed by atoms with Gasteiger partial charge in [0.15, 0.2) is 9.84 Å². The Labute approximate surface area is 154 Å². The van der Waals surface area contributed by atoms with Crippen molar-refractivity contribution in [3.05, 3.63) is 66.0 Å². The Kier molecular flexibility index (Phi) is 3.99. The molecule has 1 heterocycles. The van der Waals surface area contributed by atoms with Gasteiger partial charge in [-0.25, -0.2) is 8.42 Å². The maximum absolute atomic E-state index is 11.7. The second-order valence-corrected chi connectivity index (χ2v) is 9.10. The standard InChI is InChI=1S/C21H21NO3S/c1-25-16-6-4-15(5-7-16)18-12-21(10-3-11-21)13-19(18)20-9-8-17(14-22-20)26(2,23)24/h4-9,12-14H,3,10-11H2,1-2H3. The van der Waals surface area contributed by atoms with Crippen LogP contribution in [0.3, 0.4) is 0 Å². The number of allylic oxidation sites excluding steroid dienone is 4. The first-order chi connectivity index (χ1) is 12.4. The lowest BCUT2D eigenvalue weighted by Crippen LogP contribution is -2.22. The zero-order chi connectivity index (χ0) is 18.4. The topological polar surface area (TPSA) is 56.3 Å². The third-order valence-corrected chi connectivity index (χ3v) is 6.38. The van der Waals surface area contributed by atoms with E-state index in [1.807, 2.05) is 12.1 Å². The second kappa shape index (κ2) is 6.09. The molecule has 4 nitrogen and oxygen atoms in total. The Morgan fingerprint density at radius 3 is 2.19 bits per heavy atom. The highest BCUT2D eigenvalue weighted by molar-refractivity contribution is 7.90. The van der Waals surface area contributed by atoms with Crippen molar-refractivity contribution < 1.29 is 13.2 Å². The first kappa shape index (κ1) is 17.0. The SMILES string of the molecule is COc1ccc(C2=CC3(C=C2c2ccc(S(C)(=O)=O)cn2)CCC3)cc1. The van der Waals surface area contributed by atoms with Gasteiger partial charge in [0.2, 0.25) is 0 Å². The predicted octanol–water partition coefficient (Wildman–Crippen LogP) is 4.14. The van der Waals surface area contributed by atoms with E-state index in [-0.39, 0.29) is 10.3 Å². The molecule has 0 bridgehead atoms. The lowest BCUT2D eigenvalue weighted by molar-refractivity contribution is 0.282. The van der Waals surface area contributed by atoms with E-state index in [1.165, 1.54) is 18.9 Å². The van der Waals surface area contributed by atoms with Gasteiger partial charge in [-0.05, 0) is 48.2 Å². The minimum atomic E-state index is -3.24. The van der Waals surface area contributed by atoms with E-state index >= 15 is 0 Å². The smallest absolute Gasteiger partial charge is 0.177 e. The summed E-state index contributed by atoms with van der Waals surface area (Å²) < 4.78 is 28.6. The molecule has 1 fully saturated rings. The molecular formula is C21H21NO3S. The molecule has 1 saturated carbocycles. The lowest BCUT2D eigenvalue weighted by Gasteiger charge is -2.34. The van der Waals surface area contributed by atoms with E-state index in [0.29, 0.717) is 0 Å². The van der Waals surface area contributed by atoms with E-state index in [2.05, 4.69) is 29.3 Å². The molecule has 2 aromatic rings. The number of aromatic nitrogens is 1. The van der Waals surface area contributed by atoms with E-state index in [9.17, 15) is 8.42 Å². The van der Waals surface area contributed by atoms with Crippen LogP contribution in [0.1, 0.15) is 30.5 Å². The average molecular weight is 367 g/mol. The number of hydrogen-bond acceptors (Lipinski definition) is 4. The van der Waals surface area contributed by atoms with E-state index in [0.717, 1.165) is 41.0 Å². The van der Waals surface area contributed by atoms with Gasteiger partial charge in [-0.3, -0.25) is 4.98 Å². The highest BCUT2D eigenvalue weighted by Crippen LogP contribution is 2.53. The molecule has 0 unspecified atom stereocenters. The molecule has 0 radical (unpaired) electrons. The molecule has 1 aromatic heterocycles. The molecule has 0 N–H and O–H groups in total. The molecule has 0 amide bonds. The van der Waals surface area contributed by atoms with Crippen molar-refractivity contribution in [2.75, 3.05) is 13.4 Å².